The van der Waals surface area contributed by atoms with Crippen molar-refractivity contribution >= 4 is 17.2 Å². The first-order chi connectivity index (χ1) is 11.6. The van der Waals surface area contributed by atoms with E-state index in [2.05, 4.69) is 9.88 Å². The molecule has 3 heterocycles. The Morgan fingerprint density at radius 3 is 2.83 bits per heavy atom. The van der Waals surface area contributed by atoms with Gasteiger partial charge in [-0.3, -0.25) is 4.90 Å². The van der Waals surface area contributed by atoms with Gasteiger partial charge >= 0.3 is 0 Å². The highest BCUT2D eigenvalue weighted by Crippen LogP contribution is 2.51. The fourth-order valence-corrected chi connectivity index (χ4v) is 4.43. The molecular formula is C18H24ClN3O2. The largest absolute Gasteiger partial charge is 0.392 e. The molecule has 4 rings (SSSR count). The third kappa shape index (κ3) is 2.73. The second-order valence-corrected chi connectivity index (χ2v) is 7.49. The Labute approximate surface area is 147 Å². The van der Waals surface area contributed by atoms with Crippen molar-refractivity contribution in [2.75, 3.05) is 19.7 Å². The molecule has 2 aromatic rings. The number of aliphatic hydroxyl groups excluding tert-OH is 1. The van der Waals surface area contributed by atoms with Crippen LogP contribution in [0.1, 0.15) is 31.9 Å². The molecule has 2 unspecified atom stereocenters. The zero-order valence-corrected chi connectivity index (χ0v) is 14.7. The number of hydrogen-bond donors (Lipinski definition) is 1. The van der Waals surface area contributed by atoms with Crippen molar-refractivity contribution in [1.82, 2.24) is 14.3 Å². The summed E-state index contributed by atoms with van der Waals surface area (Å²) in [6, 6.07) is 3.80. The van der Waals surface area contributed by atoms with Gasteiger partial charge in [0.25, 0.3) is 0 Å². The molecule has 2 atom stereocenters. The Morgan fingerprint density at radius 2 is 2.12 bits per heavy atom. The average Bonchev–Trinajstić information content (AvgIpc) is 2.96. The summed E-state index contributed by atoms with van der Waals surface area (Å²) in [6.07, 6.45) is 6.75. The third-order valence-electron chi connectivity index (χ3n) is 5.75. The van der Waals surface area contributed by atoms with Crippen molar-refractivity contribution in [2.24, 2.45) is 5.41 Å². The molecule has 5 nitrogen and oxygen atoms in total. The maximum atomic E-state index is 10.3. The lowest BCUT2D eigenvalue weighted by Crippen LogP contribution is -2.62. The van der Waals surface area contributed by atoms with Gasteiger partial charge in [-0.25, -0.2) is 4.98 Å². The topological polar surface area (TPSA) is 50.0 Å². The lowest BCUT2D eigenvalue weighted by molar-refractivity contribution is -0.209. The van der Waals surface area contributed by atoms with E-state index in [1.54, 1.807) is 0 Å². The van der Waals surface area contributed by atoms with E-state index in [-0.39, 0.29) is 17.6 Å². The number of fused-ring (bicyclic) bond motifs is 1. The summed E-state index contributed by atoms with van der Waals surface area (Å²) in [6.45, 7) is 5.56. The van der Waals surface area contributed by atoms with Gasteiger partial charge in [0, 0.05) is 37.4 Å². The first-order valence-electron chi connectivity index (χ1n) is 8.76. The number of ether oxygens (including phenoxy) is 1. The molecule has 1 spiro atoms. The van der Waals surface area contributed by atoms with Gasteiger partial charge in [0.15, 0.2) is 0 Å². The maximum Gasteiger partial charge on any atom is 0.137 e. The van der Waals surface area contributed by atoms with Crippen LogP contribution in [0.4, 0.5) is 0 Å². The number of aliphatic hydroxyl groups is 1. The zero-order valence-electron chi connectivity index (χ0n) is 14.0. The normalized spacial score (nSPS) is 26.8. The van der Waals surface area contributed by atoms with E-state index < -0.39 is 0 Å². The monoisotopic (exact) mass is 349 g/mol. The Morgan fingerprint density at radius 1 is 1.33 bits per heavy atom. The molecule has 0 aromatic carbocycles. The lowest BCUT2D eigenvalue weighted by Gasteiger charge is -2.56. The predicted octanol–water partition coefficient (Wildman–Crippen LogP) is 2.74. The van der Waals surface area contributed by atoms with Crippen molar-refractivity contribution in [3.8, 4) is 0 Å². The van der Waals surface area contributed by atoms with Gasteiger partial charge < -0.3 is 14.2 Å². The summed E-state index contributed by atoms with van der Waals surface area (Å²) in [5.41, 5.74) is 1.97. The van der Waals surface area contributed by atoms with Gasteiger partial charge in [-0.15, -0.1) is 0 Å². The first kappa shape index (κ1) is 16.3. The number of nitrogens with zero attached hydrogens (tertiary/aromatic N) is 3. The highest BCUT2D eigenvalue weighted by molar-refractivity contribution is 6.30. The molecule has 1 saturated carbocycles. The van der Waals surface area contributed by atoms with Crippen molar-refractivity contribution in [2.45, 2.75) is 44.9 Å². The molecule has 1 saturated heterocycles. The quantitative estimate of drug-likeness (QED) is 0.922. The van der Waals surface area contributed by atoms with Crippen LogP contribution in [0.25, 0.3) is 5.65 Å². The van der Waals surface area contributed by atoms with E-state index in [9.17, 15) is 5.11 Å². The van der Waals surface area contributed by atoms with Crippen molar-refractivity contribution in [1.29, 1.82) is 0 Å². The minimum Gasteiger partial charge on any atom is -0.392 e. The number of likely N-dealkylation sites (tertiary alicyclic amines) is 1. The SMILES string of the molecule is CCOC1CC(O)C12CCN(Cc1cn3cc(Cl)ccc3n1)CC2. The van der Waals surface area contributed by atoms with Crippen LogP contribution in [0.15, 0.2) is 24.5 Å². The smallest absolute Gasteiger partial charge is 0.137 e. The van der Waals surface area contributed by atoms with Crippen LogP contribution in [-0.2, 0) is 11.3 Å². The van der Waals surface area contributed by atoms with Gasteiger partial charge in [-0.05, 0) is 45.0 Å². The number of imidazole rings is 1. The molecule has 2 aromatic heterocycles. The predicted molar refractivity (Wildman–Crippen MR) is 93.2 cm³/mol. The molecule has 1 N–H and O–H groups in total. The van der Waals surface area contributed by atoms with Gasteiger partial charge in [0.1, 0.15) is 5.65 Å². The van der Waals surface area contributed by atoms with Gasteiger partial charge in [-0.1, -0.05) is 11.6 Å². The van der Waals surface area contributed by atoms with E-state index in [1.165, 1.54) is 0 Å². The van der Waals surface area contributed by atoms with Crippen LogP contribution >= 0.6 is 11.6 Å². The van der Waals surface area contributed by atoms with Crippen LogP contribution in [-0.4, -0.2) is 51.3 Å². The summed E-state index contributed by atoms with van der Waals surface area (Å²) in [4.78, 5) is 7.09. The molecule has 2 aliphatic rings. The molecule has 0 radical (unpaired) electrons. The highest BCUT2D eigenvalue weighted by Gasteiger charge is 2.55. The molecule has 2 fully saturated rings. The summed E-state index contributed by atoms with van der Waals surface area (Å²) in [5.74, 6) is 0. The maximum absolute atomic E-state index is 10.3. The summed E-state index contributed by atoms with van der Waals surface area (Å²) < 4.78 is 7.82. The molecule has 6 heteroatoms. The van der Waals surface area contributed by atoms with Crippen LogP contribution in [0.3, 0.4) is 0 Å². The van der Waals surface area contributed by atoms with E-state index in [1.807, 2.05) is 35.9 Å². The van der Waals surface area contributed by atoms with Crippen LogP contribution < -0.4 is 0 Å². The Hall–Kier alpha value is -1.14. The van der Waals surface area contributed by atoms with Crippen LogP contribution in [0, 0.1) is 5.41 Å². The molecule has 1 aliphatic heterocycles. The fourth-order valence-electron chi connectivity index (χ4n) is 4.27. The van der Waals surface area contributed by atoms with Gasteiger partial charge in [0.05, 0.1) is 22.9 Å². The number of aromatic nitrogens is 2. The molecule has 0 bridgehead atoms. The molecule has 0 amide bonds. The highest BCUT2D eigenvalue weighted by atomic mass is 35.5. The molecule has 130 valence electrons. The van der Waals surface area contributed by atoms with E-state index in [0.29, 0.717) is 5.02 Å². The van der Waals surface area contributed by atoms with Gasteiger partial charge in [-0.2, -0.15) is 0 Å². The van der Waals surface area contributed by atoms with Crippen LogP contribution in [0.5, 0.6) is 0 Å². The standard InChI is InChI=1S/C18H24ClN3O2/c1-2-24-16-9-15(23)18(16)5-7-21(8-6-18)11-14-12-22-10-13(19)3-4-17(22)20-14/h3-4,10,12,15-16,23H,2,5-9,11H2,1H3. The summed E-state index contributed by atoms with van der Waals surface area (Å²) in [7, 11) is 0. The van der Waals surface area contributed by atoms with Crippen molar-refractivity contribution in [3.05, 3.63) is 35.2 Å². The third-order valence-corrected chi connectivity index (χ3v) is 5.97. The molecule has 1 aliphatic carbocycles. The van der Waals surface area contributed by atoms with Crippen molar-refractivity contribution in [3.63, 3.8) is 0 Å². The number of hydrogen-bond acceptors (Lipinski definition) is 4. The Kier molecular flexibility index (Phi) is 4.29. The molecular weight excluding hydrogens is 326 g/mol. The summed E-state index contributed by atoms with van der Waals surface area (Å²) in [5, 5.41) is 11.0. The average molecular weight is 350 g/mol. The van der Waals surface area contributed by atoms with Crippen LogP contribution in [0.2, 0.25) is 5.02 Å². The van der Waals surface area contributed by atoms with E-state index in [4.69, 9.17) is 16.3 Å². The first-order valence-corrected chi connectivity index (χ1v) is 9.14. The lowest BCUT2D eigenvalue weighted by atomic mass is 9.58. The van der Waals surface area contributed by atoms with Crippen molar-refractivity contribution < 1.29 is 9.84 Å². The summed E-state index contributed by atoms with van der Waals surface area (Å²) >= 11 is 6.03. The number of pyridine rings is 1. The zero-order chi connectivity index (χ0) is 16.7. The second kappa shape index (κ2) is 6.30. The van der Waals surface area contributed by atoms with E-state index in [0.717, 1.165) is 56.8 Å². The van der Waals surface area contributed by atoms with Gasteiger partial charge in [0.2, 0.25) is 0 Å². The minimum atomic E-state index is -0.200. The second-order valence-electron chi connectivity index (χ2n) is 7.05. The molecule has 24 heavy (non-hydrogen) atoms. The number of rotatable bonds is 4. The fraction of sp³-hybridized carbons (Fsp3) is 0.611. The number of halogens is 1. The number of piperidine rings is 1. The Bertz CT molecular complexity index is 722. The Balaban J connectivity index is 1.40. The minimum absolute atomic E-state index is 0.0149. The van der Waals surface area contributed by atoms with E-state index >= 15 is 0 Å².